The van der Waals surface area contributed by atoms with E-state index < -0.39 is 15.4 Å². The lowest BCUT2D eigenvalue weighted by atomic mass is 9.87. The van der Waals surface area contributed by atoms with Crippen molar-refractivity contribution in [1.82, 2.24) is 0 Å². The van der Waals surface area contributed by atoms with Crippen molar-refractivity contribution in [2.45, 2.75) is 44.3 Å². The van der Waals surface area contributed by atoms with Crippen LogP contribution in [0.4, 0.5) is 4.70 Å². The molecule has 1 unspecified atom stereocenters. The largest absolute Gasteiger partial charge is 0.285 e. The monoisotopic (exact) mass is 212 g/mol. The van der Waals surface area contributed by atoms with Crippen LogP contribution >= 0.6 is 0 Å². The van der Waals surface area contributed by atoms with Gasteiger partial charge in [-0.1, -0.05) is 19.3 Å². The highest BCUT2D eigenvalue weighted by molar-refractivity contribution is 7.86. The van der Waals surface area contributed by atoms with Gasteiger partial charge in [0.25, 0.3) is 10.1 Å². The van der Waals surface area contributed by atoms with Gasteiger partial charge < -0.3 is 0 Å². The Hall–Kier alpha value is -0.160. The highest BCUT2D eigenvalue weighted by Gasteiger charge is 2.28. The van der Waals surface area contributed by atoms with Crippen LogP contribution in [0.5, 0.6) is 0 Å². The van der Waals surface area contributed by atoms with Crippen LogP contribution in [0.2, 0.25) is 0 Å². The van der Waals surface area contributed by atoms with E-state index in [1.165, 1.54) is 6.42 Å². The molecule has 1 fully saturated rings. The first-order valence-corrected chi connectivity index (χ1v) is 5.98. The van der Waals surface area contributed by atoms with Crippen molar-refractivity contribution < 1.29 is 17.7 Å². The maximum atomic E-state index is 10.8. The van der Waals surface area contributed by atoms with Crippen LogP contribution in [-0.4, -0.2) is 18.2 Å². The van der Waals surface area contributed by atoms with E-state index in [0.29, 0.717) is 0 Å². The molecule has 1 atom stereocenters. The van der Waals surface area contributed by atoms with E-state index in [1.54, 1.807) is 6.92 Å². The van der Waals surface area contributed by atoms with Crippen LogP contribution in [0.1, 0.15) is 39.0 Å². The number of halogens is 1. The molecule has 0 bridgehead atoms. The standard InChI is InChI=1S/C8H16O3S.FH/c1-7(12(9,10)11)8-5-3-2-4-6-8;/h7-8H,2-6H2,1H3,(H,9,10,11);1H. The van der Waals surface area contributed by atoms with E-state index in [9.17, 15) is 8.42 Å². The second kappa shape index (κ2) is 4.91. The number of hydrogen-bond acceptors (Lipinski definition) is 2. The quantitative estimate of drug-likeness (QED) is 0.712. The summed E-state index contributed by atoms with van der Waals surface area (Å²) in [5, 5.41) is -0.571. The summed E-state index contributed by atoms with van der Waals surface area (Å²) >= 11 is 0. The van der Waals surface area contributed by atoms with Crippen LogP contribution in [0, 0.1) is 5.92 Å². The average molecular weight is 212 g/mol. The highest BCUT2D eigenvalue weighted by atomic mass is 32.2. The van der Waals surface area contributed by atoms with E-state index >= 15 is 0 Å². The van der Waals surface area contributed by atoms with Crippen molar-refractivity contribution in [2.24, 2.45) is 5.92 Å². The average Bonchev–Trinajstić information content (AvgIpc) is 2.03. The van der Waals surface area contributed by atoms with Gasteiger partial charge in [-0.25, -0.2) is 0 Å². The van der Waals surface area contributed by atoms with Gasteiger partial charge in [-0.05, 0) is 25.7 Å². The molecule has 1 aliphatic rings. The molecule has 1 rings (SSSR count). The number of hydrogen-bond donors (Lipinski definition) is 1. The lowest BCUT2D eigenvalue weighted by Crippen LogP contribution is -2.27. The third kappa shape index (κ3) is 3.60. The summed E-state index contributed by atoms with van der Waals surface area (Å²) in [5.74, 6) is 0.175. The zero-order chi connectivity index (χ0) is 9.19. The van der Waals surface area contributed by atoms with Crippen LogP contribution < -0.4 is 0 Å². The smallest absolute Gasteiger partial charge is 0.267 e. The molecule has 0 aromatic rings. The molecule has 1 aliphatic carbocycles. The Morgan fingerprint density at radius 3 is 2.08 bits per heavy atom. The number of rotatable bonds is 2. The van der Waals surface area contributed by atoms with Crippen molar-refractivity contribution in [3.8, 4) is 0 Å². The van der Waals surface area contributed by atoms with Crippen molar-refractivity contribution in [3.63, 3.8) is 0 Å². The zero-order valence-electron chi connectivity index (χ0n) is 7.77. The Labute approximate surface area is 78.6 Å². The molecule has 1 saturated carbocycles. The first-order valence-electron chi connectivity index (χ1n) is 4.48. The molecule has 1 N–H and O–H groups in total. The summed E-state index contributed by atoms with van der Waals surface area (Å²) in [6.07, 6.45) is 5.30. The molecular formula is C8H17FO3S. The first-order chi connectivity index (χ1) is 5.52. The molecule has 5 heteroatoms. The molecule has 80 valence electrons. The molecule has 0 aliphatic heterocycles. The predicted molar refractivity (Wildman–Crippen MR) is 50.1 cm³/mol. The van der Waals surface area contributed by atoms with Gasteiger partial charge in [0.05, 0.1) is 5.25 Å². The van der Waals surface area contributed by atoms with Gasteiger partial charge in [0.15, 0.2) is 0 Å². The Morgan fingerprint density at radius 2 is 1.69 bits per heavy atom. The van der Waals surface area contributed by atoms with Gasteiger partial charge in [-0.3, -0.25) is 9.26 Å². The second-order valence-corrected chi connectivity index (χ2v) is 5.39. The molecule has 0 aromatic heterocycles. The highest BCUT2D eigenvalue weighted by Crippen LogP contribution is 2.28. The fraction of sp³-hybridized carbons (Fsp3) is 1.00. The van der Waals surface area contributed by atoms with Crippen molar-refractivity contribution in [2.75, 3.05) is 0 Å². The molecule has 13 heavy (non-hydrogen) atoms. The Bertz CT molecular complexity index is 232. The fourth-order valence-corrected chi connectivity index (χ4v) is 2.61. The molecule has 0 aromatic carbocycles. The summed E-state index contributed by atoms with van der Waals surface area (Å²) < 4.78 is 30.4. The molecule has 3 nitrogen and oxygen atoms in total. The molecule has 0 heterocycles. The molecular weight excluding hydrogens is 195 g/mol. The minimum absolute atomic E-state index is 0. The summed E-state index contributed by atoms with van der Waals surface area (Å²) in [7, 11) is -3.80. The summed E-state index contributed by atoms with van der Waals surface area (Å²) in [4.78, 5) is 0. The minimum Gasteiger partial charge on any atom is -0.285 e. The first kappa shape index (κ1) is 12.8. The molecule has 0 spiro atoms. The van der Waals surface area contributed by atoms with Crippen molar-refractivity contribution in [1.29, 1.82) is 0 Å². The molecule has 0 amide bonds. The lowest BCUT2D eigenvalue weighted by molar-refractivity contribution is 0.335. The van der Waals surface area contributed by atoms with Gasteiger partial charge in [-0.15, -0.1) is 0 Å². The SMILES string of the molecule is CC(C1CCCCC1)S(=O)(=O)O.F. The zero-order valence-corrected chi connectivity index (χ0v) is 8.59. The maximum absolute atomic E-state index is 10.8. The van der Waals surface area contributed by atoms with E-state index in [2.05, 4.69) is 0 Å². The van der Waals surface area contributed by atoms with Gasteiger partial charge >= 0.3 is 0 Å². The predicted octanol–water partition coefficient (Wildman–Crippen LogP) is 2.00. The van der Waals surface area contributed by atoms with Gasteiger partial charge in [0.1, 0.15) is 0 Å². The van der Waals surface area contributed by atoms with Gasteiger partial charge in [0.2, 0.25) is 0 Å². The summed E-state index contributed by atoms with van der Waals surface area (Å²) in [6, 6.07) is 0. The van der Waals surface area contributed by atoms with Crippen LogP contribution in [0.3, 0.4) is 0 Å². The molecule has 0 saturated heterocycles. The van der Waals surface area contributed by atoms with E-state index in [4.69, 9.17) is 4.55 Å². The van der Waals surface area contributed by atoms with Crippen LogP contribution in [0.15, 0.2) is 0 Å². The topological polar surface area (TPSA) is 54.4 Å². The van der Waals surface area contributed by atoms with Crippen LogP contribution in [-0.2, 0) is 10.1 Å². The third-order valence-corrected chi connectivity index (χ3v) is 4.11. The Kier molecular flexibility index (Phi) is 4.85. The normalized spacial score (nSPS) is 22.0. The fourth-order valence-electron chi connectivity index (χ4n) is 1.85. The van der Waals surface area contributed by atoms with E-state index in [-0.39, 0.29) is 10.6 Å². The maximum Gasteiger partial charge on any atom is 0.267 e. The second-order valence-electron chi connectivity index (χ2n) is 3.62. The van der Waals surface area contributed by atoms with Crippen LogP contribution in [0.25, 0.3) is 0 Å². The minimum atomic E-state index is -3.80. The Balaban J connectivity index is 0.00000144. The van der Waals surface area contributed by atoms with E-state index in [0.717, 1.165) is 25.7 Å². The third-order valence-electron chi connectivity index (χ3n) is 2.78. The van der Waals surface area contributed by atoms with Gasteiger partial charge in [0, 0.05) is 0 Å². The van der Waals surface area contributed by atoms with Crippen molar-refractivity contribution in [3.05, 3.63) is 0 Å². The molecule has 0 radical (unpaired) electrons. The summed E-state index contributed by atoms with van der Waals surface area (Å²) in [5.41, 5.74) is 0. The van der Waals surface area contributed by atoms with Crippen molar-refractivity contribution >= 4 is 10.1 Å². The Morgan fingerprint density at radius 1 is 1.23 bits per heavy atom. The van der Waals surface area contributed by atoms with E-state index in [1.807, 2.05) is 0 Å². The van der Waals surface area contributed by atoms with Gasteiger partial charge in [-0.2, -0.15) is 8.42 Å². The summed E-state index contributed by atoms with van der Waals surface area (Å²) in [6.45, 7) is 1.60. The lowest BCUT2D eigenvalue weighted by Gasteiger charge is -2.25.